The topological polar surface area (TPSA) is 38.5 Å². The minimum atomic E-state index is -1.58. The average molecular weight is 338 g/mol. The van der Waals surface area contributed by atoms with E-state index in [1.807, 2.05) is 29.9 Å². The van der Waals surface area contributed by atoms with Gasteiger partial charge in [0.15, 0.2) is 24.0 Å². The maximum Gasteiger partial charge on any atom is 0.279 e. The van der Waals surface area contributed by atoms with E-state index in [1.165, 1.54) is 0 Å². The lowest BCUT2D eigenvalue weighted by Gasteiger charge is -2.21. The molecule has 0 aliphatic carbocycles. The fourth-order valence-corrected chi connectivity index (χ4v) is 3.34. The van der Waals surface area contributed by atoms with Gasteiger partial charge in [-0.1, -0.05) is 0 Å². The van der Waals surface area contributed by atoms with Crippen LogP contribution in [0, 0.1) is 17.5 Å². The van der Waals surface area contributed by atoms with Gasteiger partial charge in [-0.05, 0) is 24.3 Å². The van der Waals surface area contributed by atoms with Gasteiger partial charge in [-0.3, -0.25) is 4.79 Å². The van der Waals surface area contributed by atoms with Gasteiger partial charge in [0.2, 0.25) is 0 Å². The SMILES string of the molecule is Cn1cccc1[C@@H]1CCC[NH+]1CC(=O)Nc1ccc(F)c(F)c1F. The molecule has 2 heterocycles. The number of amides is 1. The van der Waals surface area contributed by atoms with Crippen LogP contribution in [0.15, 0.2) is 30.5 Å². The molecule has 1 unspecified atom stereocenters. The monoisotopic (exact) mass is 338 g/mol. The molecule has 0 saturated carbocycles. The van der Waals surface area contributed by atoms with Gasteiger partial charge in [0, 0.05) is 26.1 Å². The highest BCUT2D eigenvalue weighted by Crippen LogP contribution is 2.20. The Balaban J connectivity index is 1.69. The molecule has 1 aliphatic rings. The van der Waals surface area contributed by atoms with Gasteiger partial charge in [-0.15, -0.1) is 0 Å². The van der Waals surface area contributed by atoms with E-state index >= 15 is 0 Å². The van der Waals surface area contributed by atoms with Crippen molar-refractivity contribution in [3.63, 3.8) is 0 Å². The summed E-state index contributed by atoms with van der Waals surface area (Å²) in [5.74, 6) is -4.66. The molecule has 1 amide bonds. The van der Waals surface area contributed by atoms with Crippen LogP contribution in [0.5, 0.6) is 0 Å². The van der Waals surface area contributed by atoms with E-state index in [0.717, 1.165) is 42.1 Å². The minimum absolute atomic E-state index is 0.147. The fourth-order valence-electron chi connectivity index (χ4n) is 3.34. The summed E-state index contributed by atoms with van der Waals surface area (Å²) in [4.78, 5) is 13.3. The number of hydrogen-bond acceptors (Lipinski definition) is 1. The molecule has 1 fully saturated rings. The molecule has 1 aromatic heterocycles. The lowest BCUT2D eigenvalue weighted by Crippen LogP contribution is -3.11. The number of hydrogen-bond donors (Lipinski definition) is 2. The number of likely N-dealkylation sites (tertiary alicyclic amines) is 1. The predicted octanol–water partition coefficient (Wildman–Crippen LogP) is 1.80. The average Bonchev–Trinajstić information content (AvgIpc) is 3.16. The van der Waals surface area contributed by atoms with E-state index in [2.05, 4.69) is 5.32 Å². The van der Waals surface area contributed by atoms with Gasteiger partial charge in [0.25, 0.3) is 5.91 Å². The molecule has 1 aliphatic heterocycles. The van der Waals surface area contributed by atoms with Gasteiger partial charge in [0.05, 0.1) is 17.9 Å². The molecule has 24 heavy (non-hydrogen) atoms. The largest absolute Gasteiger partial charge is 0.350 e. The molecule has 1 aromatic carbocycles. The van der Waals surface area contributed by atoms with Crippen molar-refractivity contribution >= 4 is 11.6 Å². The van der Waals surface area contributed by atoms with Crippen LogP contribution in [0.25, 0.3) is 0 Å². The number of aryl methyl sites for hydroxylation is 1. The highest BCUT2D eigenvalue weighted by Gasteiger charge is 2.33. The van der Waals surface area contributed by atoms with Crippen LogP contribution in [-0.2, 0) is 11.8 Å². The summed E-state index contributed by atoms with van der Waals surface area (Å²) in [5.41, 5.74) is 0.808. The highest BCUT2D eigenvalue weighted by molar-refractivity contribution is 5.91. The van der Waals surface area contributed by atoms with Crippen molar-refractivity contribution in [2.75, 3.05) is 18.4 Å². The third kappa shape index (κ3) is 3.17. The first-order valence-corrected chi connectivity index (χ1v) is 7.86. The third-order valence-corrected chi connectivity index (χ3v) is 4.52. The first-order chi connectivity index (χ1) is 11.5. The Morgan fingerprint density at radius 1 is 1.29 bits per heavy atom. The Bertz CT molecular complexity index is 760. The lowest BCUT2D eigenvalue weighted by molar-refractivity contribution is -0.910. The molecule has 0 radical (unpaired) electrons. The molecule has 0 spiro atoms. The zero-order valence-electron chi connectivity index (χ0n) is 13.3. The molecule has 4 nitrogen and oxygen atoms in total. The van der Waals surface area contributed by atoms with Crippen molar-refractivity contribution in [1.29, 1.82) is 0 Å². The van der Waals surface area contributed by atoms with Crippen molar-refractivity contribution < 1.29 is 22.9 Å². The summed E-state index contributed by atoms with van der Waals surface area (Å²) in [7, 11) is 1.96. The summed E-state index contributed by atoms with van der Waals surface area (Å²) < 4.78 is 41.8. The standard InChI is InChI=1S/C17H18F3N3O/c1-22-8-2-4-13(22)14-5-3-9-23(14)10-15(24)21-12-7-6-11(18)16(19)17(12)20/h2,4,6-8,14H,3,5,9-10H2,1H3,(H,21,24)/p+1/t14-/m0/s1. The molecular formula is C17H19F3N3O+. The quantitative estimate of drug-likeness (QED) is 0.820. The molecule has 128 valence electrons. The van der Waals surface area contributed by atoms with E-state index < -0.39 is 23.4 Å². The highest BCUT2D eigenvalue weighted by atomic mass is 19.2. The van der Waals surface area contributed by atoms with E-state index in [4.69, 9.17) is 0 Å². The number of carbonyl (C=O) groups excluding carboxylic acids is 1. The van der Waals surface area contributed by atoms with Crippen molar-refractivity contribution in [2.24, 2.45) is 7.05 Å². The number of nitrogens with zero attached hydrogens (tertiary/aromatic N) is 1. The molecule has 7 heteroatoms. The number of nitrogens with one attached hydrogen (secondary N) is 2. The second kappa shape index (κ2) is 6.68. The molecular weight excluding hydrogens is 319 g/mol. The van der Waals surface area contributed by atoms with E-state index in [-0.39, 0.29) is 18.3 Å². The van der Waals surface area contributed by atoms with Crippen molar-refractivity contribution in [2.45, 2.75) is 18.9 Å². The summed E-state index contributed by atoms with van der Waals surface area (Å²) >= 11 is 0. The van der Waals surface area contributed by atoms with Crippen LogP contribution >= 0.6 is 0 Å². The van der Waals surface area contributed by atoms with Gasteiger partial charge in [0.1, 0.15) is 6.04 Å². The maximum absolute atomic E-state index is 13.6. The molecule has 2 N–H and O–H groups in total. The summed E-state index contributed by atoms with van der Waals surface area (Å²) in [6, 6.07) is 6.01. The number of halogens is 3. The van der Waals surface area contributed by atoms with E-state index in [0.29, 0.717) is 0 Å². The van der Waals surface area contributed by atoms with Gasteiger partial charge >= 0.3 is 0 Å². The molecule has 2 atom stereocenters. The van der Waals surface area contributed by atoms with Crippen molar-refractivity contribution in [1.82, 2.24) is 4.57 Å². The predicted molar refractivity (Wildman–Crippen MR) is 83.0 cm³/mol. The Kier molecular flexibility index (Phi) is 4.62. The van der Waals surface area contributed by atoms with Crippen LogP contribution in [0.3, 0.4) is 0 Å². The molecule has 2 aromatic rings. The molecule has 1 saturated heterocycles. The number of rotatable bonds is 4. The second-order valence-electron chi connectivity index (χ2n) is 6.09. The summed E-state index contributed by atoms with van der Waals surface area (Å²) in [6.07, 6.45) is 3.93. The number of aromatic nitrogens is 1. The number of quaternary nitrogens is 1. The Morgan fingerprint density at radius 3 is 2.79 bits per heavy atom. The molecule has 0 bridgehead atoms. The van der Waals surface area contributed by atoms with Crippen LogP contribution in [0.1, 0.15) is 24.6 Å². The van der Waals surface area contributed by atoms with Gasteiger partial charge < -0.3 is 14.8 Å². The second-order valence-corrected chi connectivity index (χ2v) is 6.09. The Labute approximate surface area is 137 Å². The van der Waals surface area contributed by atoms with E-state index in [9.17, 15) is 18.0 Å². The van der Waals surface area contributed by atoms with Crippen LogP contribution in [-0.4, -0.2) is 23.6 Å². The number of anilines is 1. The Morgan fingerprint density at radius 2 is 2.08 bits per heavy atom. The molecule has 3 rings (SSSR count). The third-order valence-electron chi connectivity index (χ3n) is 4.52. The minimum Gasteiger partial charge on any atom is -0.350 e. The smallest absolute Gasteiger partial charge is 0.279 e. The Hall–Kier alpha value is -2.28. The van der Waals surface area contributed by atoms with E-state index in [1.54, 1.807) is 0 Å². The van der Waals surface area contributed by atoms with Crippen LogP contribution in [0.4, 0.5) is 18.9 Å². The van der Waals surface area contributed by atoms with Crippen LogP contribution < -0.4 is 10.2 Å². The lowest BCUT2D eigenvalue weighted by atomic mass is 10.1. The van der Waals surface area contributed by atoms with Gasteiger partial charge in [-0.2, -0.15) is 0 Å². The summed E-state index contributed by atoms with van der Waals surface area (Å²) in [6.45, 7) is 0.984. The normalized spacial score (nSPS) is 20.3. The fraction of sp³-hybridized carbons (Fsp3) is 0.353. The van der Waals surface area contributed by atoms with Crippen molar-refractivity contribution in [3.05, 3.63) is 53.6 Å². The first kappa shape index (κ1) is 16.6. The van der Waals surface area contributed by atoms with Gasteiger partial charge in [-0.25, -0.2) is 13.2 Å². The number of benzene rings is 1. The summed E-state index contributed by atoms with van der Waals surface area (Å²) in [5, 5.41) is 2.34. The maximum atomic E-state index is 13.6. The number of carbonyl (C=O) groups is 1. The van der Waals surface area contributed by atoms with Crippen molar-refractivity contribution in [3.8, 4) is 0 Å². The zero-order valence-corrected chi connectivity index (χ0v) is 13.3. The first-order valence-electron chi connectivity index (χ1n) is 7.86. The zero-order chi connectivity index (χ0) is 17.3. The van der Waals surface area contributed by atoms with Crippen LogP contribution in [0.2, 0.25) is 0 Å².